The summed E-state index contributed by atoms with van der Waals surface area (Å²) in [4.78, 5) is 2.58. The Bertz CT molecular complexity index is 805. The lowest BCUT2D eigenvalue weighted by Gasteiger charge is -2.38. The molecule has 0 amide bonds. The summed E-state index contributed by atoms with van der Waals surface area (Å²) < 4.78 is 0. The molecule has 31 heavy (non-hydrogen) atoms. The number of benzene rings is 2. The molecule has 0 heterocycles. The molecule has 0 bridgehead atoms. The average Bonchev–Trinajstić information content (AvgIpc) is 2.82. The van der Waals surface area contributed by atoms with Crippen LogP contribution in [0.15, 0.2) is 54.6 Å². The summed E-state index contributed by atoms with van der Waals surface area (Å²) >= 11 is 6.17. The zero-order valence-corrected chi connectivity index (χ0v) is 19.8. The van der Waals surface area contributed by atoms with Gasteiger partial charge in [-0.25, -0.2) is 0 Å². The zero-order chi connectivity index (χ0) is 21.9. The second-order valence-corrected chi connectivity index (χ2v) is 9.54. The van der Waals surface area contributed by atoms with Crippen LogP contribution in [0.2, 0.25) is 5.02 Å². The summed E-state index contributed by atoms with van der Waals surface area (Å²) in [5.74, 6) is 0.455. The Balaban J connectivity index is 1.68. The predicted molar refractivity (Wildman–Crippen MR) is 131 cm³/mol. The summed E-state index contributed by atoms with van der Waals surface area (Å²) in [6, 6.07) is 21.7. The molecule has 0 aliphatic heterocycles. The van der Waals surface area contributed by atoms with Crippen molar-refractivity contribution in [3.63, 3.8) is 0 Å². The van der Waals surface area contributed by atoms with Crippen molar-refractivity contribution >= 4 is 11.6 Å². The molecule has 166 valence electrons. The van der Waals surface area contributed by atoms with Crippen molar-refractivity contribution in [1.82, 2.24) is 4.90 Å². The van der Waals surface area contributed by atoms with Gasteiger partial charge in [0.2, 0.25) is 0 Å². The maximum Gasteiger partial charge on any atom is 0.0850 e. The Morgan fingerprint density at radius 1 is 0.968 bits per heavy atom. The molecule has 0 saturated heterocycles. The first-order chi connectivity index (χ1) is 15.2. The first-order valence-electron chi connectivity index (χ1n) is 12.1. The molecule has 3 rings (SSSR count). The molecule has 1 fully saturated rings. The van der Waals surface area contributed by atoms with Gasteiger partial charge >= 0.3 is 0 Å². The Hall–Kier alpha value is -1.82. The number of hydrogen-bond donors (Lipinski definition) is 0. The summed E-state index contributed by atoms with van der Waals surface area (Å²) in [5.41, 5.74) is 2.18. The van der Waals surface area contributed by atoms with E-state index in [0.29, 0.717) is 5.92 Å². The fraction of sp³-hybridized carbons (Fsp3) is 0.536. The highest BCUT2D eigenvalue weighted by Crippen LogP contribution is 2.44. The van der Waals surface area contributed by atoms with E-state index in [1.165, 1.54) is 37.7 Å². The van der Waals surface area contributed by atoms with Crippen molar-refractivity contribution in [2.24, 2.45) is 5.92 Å². The highest BCUT2D eigenvalue weighted by Gasteiger charge is 2.40. The Kier molecular flexibility index (Phi) is 9.44. The molecular weight excluding hydrogens is 400 g/mol. The van der Waals surface area contributed by atoms with E-state index in [-0.39, 0.29) is 5.41 Å². The number of nitriles is 1. The van der Waals surface area contributed by atoms with Crippen LogP contribution < -0.4 is 0 Å². The molecule has 1 saturated carbocycles. The first kappa shape index (κ1) is 23.8. The molecular formula is C28H37ClN2. The summed E-state index contributed by atoms with van der Waals surface area (Å²) in [6.07, 6.45) is 10.4. The molecule has 0 spiro atoms. The third kappa shape index (κ3) is 6.58. The van der Waals surface area contributed by atoms with Gasteiger partial charge in [-0.1, -0.05) is 80.3 Å². The second-order valence-electron chi connectivity index (χ2n) is 9.11. The van der Waals surface area contributed by atoms with E-state index in [4.69, 9.17) is 11.6 Å². The molecule has 1 aliphatic rings. The maximum absolute atomic E-state index is 10.5. The van der Waals surface area contributed by atoms with Crippen LogP contribution in [0.1, 0.15) is 69.4 Å². The number of nitrogens with zero attached hydrogens (tertiary/aromatic N) is 2. The van der Waals surface area contributed by atoms with E-state index in [9.17, 15) is 5.26 Å². The minimum Gasteiger partial charge on any atom is -0.303 e. The lowest BCUT2D eigenvalue weighted by molar-refractivity contribution is 0.215. The third-order valence-electron chi connectivity index (χ3n) is 7.01. The summed E-state index contributed by atoms with van der Waals surface area (Å²) in [6.45, 7) is 5.52. The van der Waals surface area contributed by atoms with Gasteiger partial charge in [-0.3, -0.25) is 0 Å². The van der Waals surface area contributed by atoms with Gasteiger partial charge in [-0.05, 0) is 80.8 Å². The summed E-state index contributed by atoms with van der Waals surface area (Å²) in [7, 11) is 0. The van der Waals surface area contributed by atoms with Crippen LogP contribution in [0.25, 0.3) is 0 Å². The second kappa shape index (κ2) is 12.3. The van der Waals surface area contributed by atoms with Crippen LogP contribution in [0, 0.1) is 17.2 Å². The highest BCUT2D eigenvalue weighted by molar-refractivity contribution is 6.30. The molecule has 2 aromatic carbocycles. The van der Waals surface area contributed by atoms with Gasteiger partial charge in [0.25, 0.3) is 0 Å². The van der Waals surface area contributed by atoms with Crippen LogP contribution in [0.3, 0.4) is 0 Å². The van der Waals surface area contributed by atoms with Gasteiger partial charge in [0.05, 0.1) is 11.5 Å². The molecule has 2 aromatic rings. The normalized spacial score (nSPS) is 16.7. The predicted octanol–water partition coefficient (Wildman–Crippen LogP) is 7.42. The highest BCUT2D eigenvalue weighted by atomic mass is 35.5. The molecule has 1 unspecified atom stereocenters. The Labute approximate surface area is 194 Å². The van der Waals surface area contributed by atoms with E-state index in [1.807, 2.05) is 12.1 Å². The fourth-order valence-corrected chi connectivity index (χ4v) is 5.43. The molecule has 1 aliphatic carbocycles. The van der Waals surface area contributed by atoms with E-state index in [0.717, 1.165) is 55.9 Å². The maximum atomic E-state index is 10.5. The first-order valence-corrected chi connectivity index (χ1v) is 12.5. The van der Waals surface area contributed by atoms with Crippen LogP contribution in [-0.4, -0.2) is 24.5 Å². The van der Waals surface area contributed by atoms with Gasteiger partial charge in [-0.15, -0.1) is 0 Å². The topological polar surface area (TPSA) is 27.0 Å². The van der Waals surface area contributed by atoms with Gasteiger partial charge in [0, 0.05) is 11.6 Å². The van der Waals surface area contributed by atoms with Gasteiger partial charge in [0.1, 0.15) is 0 Å². The van der Waals surface area contributed by atoms with Crippen molar-refractivity contribution in [2.45, 2.75) is 70.1 Å². The number of halogens is 1. The molecule has 0 radical (unpaired) electrons. The number of hydrogen-bond acceptors (Lipinski definition) is 2. The summed E-state index contributed by atoms with van der Waals surface area (Å²) in [5, 5.41) is 11.2. The monoisotopic (exact) mass is 436 g/mol. The largest absolute Gasteiger partial charge is 0.303 e. The van der Waals surface area contributed by atoms with Crippen molar-refractivity contribution in [2.75, 3.05) is 19.6 Å². The molecule has 1 atom stereocenters. The van der Waals surface area contributed by atoms with Gasteiger partial charge in [0.15, 0.2) is 0 Å². The van der Waals surface area contributed by atoms with Crippen LogP contribution in [0.4, 0.5) is 0 Å². The number of rotatable bonds is 11. The SMILES string of the molecule is CCCN(CCCC(C#N)(c1ccc(Cl)cc1)C1CCCCC1)CCc1ccccc1. The third-order valence-corrected chi connectivity index (χ3v) is 7.26. The lowest BCUT2D eigenvalue weighted by atomic mass is 9.63. The molecule has 3 heteroatoms. The van der Waals surface area contributed by atoms with Crippen LogP contribution in [0.5, 0.6) is 0 Å². The fourth-order valence-electron chi connectivity index (χ4n) is 5.30. The van der Waals surface area contributed by atoms with Gasteiger partial charge in [-0.2, -0.15) is 5.26 Å². The van der Waals surface area contributed by atoms with Crippen molar-refractivity contribution in [1.29, 1.82) is 5.26 Å². The standard InChI is InChI=1S/C28H37ClN2/c1-2-20-31(22-18-24-10-5-3-6-11-24)21-9-19-28(23-30,25-12-7-4-8-13-25)26-14-16-27(29)17-15-26/h3,5-6,10-11,14-17,25H,2,4,7-9,12-13,18-22H2,1H3. The van der Waals surface area contributed by atoms with E-state index in [1.54, 1.807) is 0 Å². The minimum atomic E-state index is -0.387. The van der Waals surface area contributed by atoms with E-state index < -0.39 is 0 Å². The van der Waals surface area contributed by atoms with Crippen LogP contribution >= 0.6 is 11.6 Å². The van der Waals surface area contributed by atoms with Crippen molar-refractivity contribution in [3.05, 3.63) is 70.7 Å². The molecule has 0 aromatic heterocycles. The Morgan fingerprint density at radius 3 is 2.32 bits per heavy atom. The molecule has 0 N–H and O–H groups in total. The zero-order valence-electron chi connectivity index (χ0n) is 19.0. The van der Waals surface area contributed by atoms with Crippen LogP contribution in [-0.2, 0) is 11.8 Å². The van der Waals surface area contributed by atoms with Crippen molar-refractivity contribution in [3.8, 4) is 6.07 Å². The van der Waals surface area contributed by atoms with Crippen molar-refractivity contribution < 1.29 is 0 Å². The van der Waals surface area contributed by atoms with E-state index in [2.05, 4.69) is 60.4 Å². The molecule has 2 nitrogen and oxygen atoms in total. The lowest BCUT2D eigenvalue weighted by Crippen LogP contribution is -2.37. The smallest absolute Gasteiger partial charge is 0.0850 e. The Morgan fingerprint density at radius 2 is 1.68 bits per heavy atom. The average molecular weight is 437 g/mol. The minimum absolute atomic E-state index is 0.387. The quantitative estimate of drug-likeness (QED) is 0.366. The van der Waals surface area contributed by atoms with Gasteiger partial charge < -0.3 is 4.90 Å². The van der Waals surface area contributed by atoms with E-state index >= 15 is 0 Å².